The van der Waals surface area contributed by atoms with Gasteiger partial charge in [0.15, 0.2) is 5.76 Å². The van der Waals surface area contributed by atoms with Gasteiger partial charge in [-0.25, -0.2) is 4.68 Å². The van der Waals surface area contributed by atoms with Gasteiger partial charge in [0.05, 0.1) is 24.8 Å². The monoisotopic (exact) mass is 438 g/mol. The summed E-state index contributed by atoms with van der Waals surface area (Å²) in [4.78, 5) is 27.2. The van der Waals surface area contributed by atoms with Crippen LogP contribution in [0, 0.1) is 0 Å². The summed E-state index contributed by atoms with van der Waals surface area (Å²) >= 11 is 0. The number of amides is 2. The third-order valence-corrected chi connectivity index (χ3v) is 4.99. The Bertz CT molecular complexity index is 1060. The van der Waals surface area contributed by atoms with Crippen LogP contribution in [-0.2, 0) is 10.2 Å². The minimum atomic E-state index is -0.334. The maximum Gasteiger partial charge on any atom is 0.290 e. The summed E-state index contributed by atoms with van der Waals surface area (Å²) in [6, 6.07) is 12.3. The zero-order valence-electron chi connectivity index (χ0n) is 19.4. The third kappa shape index (κ3) is 5.19. The molecule has 8 nitrogen and oxygen atoms in total. The van der Waals surface area contributed by atoms with Crippen LogP contribution in [-0.4, -0.2) is 46.2 Å². The molecule has 0 fully saturated rings. The number of hydrogen-bond donors (Lipinski definition) is 1. The minimum Gasteiger partial charge on any atom is -0.497 e. The van der Waals surface area contributed by atoms with E-state index in [0.717, 1.165) is 17.1 Å². The van der Waals surface area contributed by atoms with Crippen LogP contribution in [0.15, 0.2) is 53.1 Å². The summed E-state index contributed by atoms with van der Waals surface area (Å²) in [5.74, 6) is 0.795. The van der Waals surface area contributed by atoms with Crippen molar-refractivity contribution in [2.75, 3.05) is 19.0 Å². The van der Waals surface area contributed by atoms with E-state index in [1.807, 2.05) is 44.2 Å². The van der Waals surface area contributed by atoms with Crippen molar-refractivity contribution in [1.82, 2.24) is 14.7 Å². The Hall–Kier alpha value is -3.55. The lowest BCUT2D eigenvalue weighted by molar-refractivity contribution is -0.117. The van der Waals surface area contributed by atoms with Crippen molar-refractivity contribution in [3.63, 3.8) is 0 Å². The number of carbonyl (C=O) groups is 2. The molecular weight excluding hydrogens is 408 g/mol. The second-order valence-corrected chi connectivity index (χ2v) is 8.83. The topological polar surface area (TPSA) is 89.6 Å². The van der Waals surface area contributed by atoms with Gasteiger partial charge in [0.1, 0.15) is 18.1 Å². The average Bonchev–Trinajstić information content (AvgIpc) is 3.41. The van der Waals surface area contributed by atoms with Crippen LogP contribution in [0.4, 0.5) is 5.82 Å². The number of ether oxygens (including phenoxy) is 1. The number of aromatic nitrogens is 2. The number of anilines is 1. The highest BCUT2D eigenvalue weighted by Gasteiger charge is 2.25. The lowest BCUT2D eigenvalue weighted by Crippen LogP contribution is -2.42. The number of benzene rings is 1. The lowest BCUT2D eigenvalue weighted by Gasteiger charge is -2.25. The number of nitrogens with one attached hydrogen (secondary N) is 1. The van der Waals surface area contributed by atoms with Gasteiger partial charge in [-0.3, -0.25) is 9.59 Å². The van der Waals surface area contributed by atoms with Gasteiger partial charge in [-0.05, 0) is 50.2 Å². The second-order valence-electron chi connectivity index (χ2n) is 8.83. The van der Waals surface area contributed by atoms with Crippen LogP contribution in [0.25, 0.3) is 5.69 Å². The summed E-state index contributed by atoms with van der Waals surface area (Å²) in [6.07, 6.45) is 1.44. The lowest BCUT2D eigenvalue weighted by atomic mass is 9.92. The molecule has 0 spiro atoms. The first kappa shape index (κ1) is 23.1. The highest BCUT2D eigenvalue weighted by atomic mass is 16.5. The molecule has 0 aliphatic carbocycles. The fourth-order valence-corrected chi connectivity index (χ4v) is 3.12. The molecule has 3 rings (SSSR count). The van der Waals surface area contributed by atoms with Crippen molar-refractivity contribution in [2.24, 2.45) is 0 Å². The Morgan fingerprint density at radius 3 is 2.41 bits per heavy atom. The van der Waals surface area contributed by atoms with Crippen LogP contribution < -0.4 is 10.1 Å². The largest absolute Gasteiger partial charge is 0.497 e. The highest BCUT2D eigenvalue weighted by molar-refractivity contribution is 5.98. The smallest absolute Gasteiger partial charge is 0.290 e. The first-order chi connectivity index (χ1) is 15.1. The van der Waals surface area contributed by atoms with Gasteiger partial charge >= 0.3 is 0 Å². The molecule has 8 heteroatoms. The Kier molecular flexibility index (Phi) is 6.72. The van der Waals surface area contributed by atoms with Gasteiger partial charge in [-0.1, -0.05) is 20.8 Å². The predicted octanol–water partition coefficient (Wildman–Crippen LogP) is 4.26. The van der Waals surface area contributed by atoms with Crippen molar-refractivity contribution < 1.29 is 18.7 Å². The quantitative estimate of drug-likeness (QED) is 0.595. The van der Waals surface area contributed by atoms with E-state index in [4.69, 9.17) is 14.3 Å². The molecule has 1 aromatic carbocycles. The summed E-state index contributed by atoms with van der Waals surface area (Å²) in [5, 5.41) is 7.64. The van der Waals surface area contributed by atoms with Crippen LogP contribution in [0.5, 0.6) is 5.75 Å². The van der Waals surface area contributed by atoms with Gasteiger partial charge in [0.2, 0.25) is 5.91 Å². The molecule has 2 aromatic heterocycles. The SMILES string of the molecule is COc1ccc(-n2nc(C(C)(C)C)cc2NC(=O)CN(C(=O)c2ccco2)C(C)C)cc1. The molecule has 0 atom stereocenters. The molecule has 1 N–H and O–H groups in total. The standard InChI is InChI=1S/C24H30N4O4/c1-16(2)27(23(30)19-8-7-13-32-19)15-22(29)25-21-14-20(24(3,4)5)26-28(21)17-9-11-18(31-6)12-10-17/h7-14,16H,15H2,1-6H3,(H,25,29). The fourth-order valence-electron chi connectivity index (χ4n) is 3.12. The van der Waals surface area contributed by atoms with Crippen molar-refractivity contribution >= 4 is 17.6 Å². The number of carbonyl (C=O) groups excluding carboxylic acids is 2. The van der Waals surface area contributed by atoms with E-state index in [9.17, 15) is 9.59 Å². The highest BCUT2D eigenvalue weighted by Crippen LogP contribution is 2.27. The van der Waals surface area contributed by atoms with Gasteiger partial charge in [0, 0.05) is 17.5 Å². The third-order valence-electron chi connectivity index (χ3n) is 4.99. The van der Waals surface area contributed by atoms with Crippen molar-refractivity contribution in [3.8, 4) is 11.4 Å². The zero-order valence-corrected chi connectivity index (χ0v) is 19.4. The van der Waals surface area contributed by atoms with Crippen LogP contribution in [0.3, 0.4) is 0 Å². The number of furan rings is 1. The fraction of sp³-hybridized carbons (Fsp3) is 0.375. The predicted molar refractivity (Wildman–Crippen MR) is 122 cm³/mol. The number of hydrogen-bond acceptors (Lipinski definition) is 5. The van der Waals surface area contributed by atoms with Gasteiger partial charge < -0.3 is 19.4 Å². The van der Waals surface area contributed by atoms with E-state index in [-0.39, 0.29) is 35.6 Å². The zero-order chi connectivity index (χ0) is 23.5. The van der Waals surface area contributed by atoms with Crippen molar-refractivity contribution in [2.45, 2.75) is 46.1 Å². The molecule has 0 saturated carbocycles. The molecule has 0 aliphatic heterocycles. The normalized spacial score (nSPS) is 11.5. The maximum absolute atomic E-state index is 12.9. The van der Waals surface area contributed by atoms with Crippen molar-refractivity contribution in [3.05, 3.63) is 60.2 Å². The molecule has 0 radical (unpaired) electrons. The van der Waals surface area contributed by atoms with Crippen LogP contribution in [0.2, 0.25) is 0 Å². The maximum atomic E-state index is 12.9. The Balaban J connectivity index is 1.86. The molecule has 0 saturated heterocycles. The van der Waals surface area contributed by atoms with Crippen LogP contribution in [0.1, 0.15) is 50.9 Å². The molecule has 2 amide bonds. The molecule has 2 heterocycles. The Morgan fingerprint density at radius 1 is 1.19 bits per heavy atom. The molecule has 3 aromatic rings. The van der Waals surface area contributed by atoms with Gasteiger partial charge in [-0.2, -0.15) is 5.10 Å². The summed E-state index contributed by atoms with van der Waals surface area (Å²) in [5.41, 5.74) is 1.40. The minimum absolute atomic E-state index is 0.115. The van der Waals surface area contributed by atoms with E-state index in [0.29, 0.717) is 5.82 Å². The Morgan fingerprint density at radius 2 is 1.88 bits per heavy atom. The van der Waals surface area contributed by atoms with E-state index in [2.05, 4.69) is 26.1 Å². The first-order valence-corrected chi connectivity index (χ1v) is 10.5. The van der Waals surface area contributed by atoms with E-state index < -0.39 is 0 Å². The van der Waals surface area contributed by atoms with E-state index >= 15 is 0 Å². The average molecular weight is 439 g/mol. The number of methoxy groups -OCH3 is 1. The molecule has 0 bridgehead atoms. The summed E-state index contributed by atoms with van der Waals surface area (Å²) in [6.45, 7) is 9.77. The first-order valence-electron chi connectivity index (χ1n) is 10.5. The molecule has 0 unspecified atom stereocenters. The van der Waals surface area contributed by atoms with E-state index in [1.165, 1.54) is 11.2 Å². The van der Waals surface area contributed by atoms with Gasteiger partial charge in [-0.15, -0.1) is 0 Å². The Labute approximate surface area is 188 Å². The van der Waals surface area contributed by atoms with Crippen LogP contribution >= 0.6 is 0 Å². The summed E-state index contributed by atoms with van der Waals surface area (Å²) in [7, 11) is 1.61. The number of rotatable bonds is 7. The molecule has 170 valence electrons. The molecule has 32 heavy (non-hydrogen) atoms. The molecule has 0 aliphatic rings. The van der Waals surface area contributed by atoms with Gasteiger partial charge in [0.25, 0.3) is 5.91 Å². The van der Waals surface area contributed by atoms with E-state index in [1.54, 1.807) is 23.9 Å². The van der Waals surface area contributed by atoms with Crippen molar-refractivity contribution in [1.29, 1.82) is 0 Å². The summed E-state index contributed by atoms with van der Waals surface area (Å²) < 4.78 is 12.1. The number of nitrogens with zero attached hydrogens (tertiary/aromatic N) is 3. The molecular formula is C24H30N4O4. The second kappa shape index (κ2) is 9.30.